The summed E-state index contributed by atoms with van der Waals surface area (Å²) in [6, 6.07) is 12.4. The van der Waals surface area contributed by atoms with Crippen LogP contribution in [0.5, 0.6) is 0 Å². The number of piperazine rings is 1. The minimum atomic E-state index is 0.128. The largest absolute Gasteiger partial charge is 0.367 e. The maximum atomic E-state index is 11.9. The van der Waals surface area contributed by atoms with Gasteiger partial charge >= 0.3 is 0 Å². The number of Topliss-reactive ketones (excluding diaryl/α,β-unsaturated/α-hetero) is 1. The molecule has 4 heterocycles. The smallest absolute Gasteiger partial charge is 0.219 e. The van der Waals surface area contributed by atoms with E-state index in [0.29, 0.717) is 12.8 Å². The van der Waals surface area contributed by atoms with E-state index in [1.54, 1.807) is 13.1 Å². The fraction of sp³-hybridized carbons (Fsp3) is 0.259. The summed E-state index contributed by atoms with van der Waals surface area (Å²) in [6.45, 7) is 4.69. The Balaban J connectivity index is 1.25. The van der Waals surface area contributed by atoms with Crippen molar-refractivity contribution in [1.29, 1.82) is 0 Å². The lowest BCUT2D eigenvalue weighted by molar-refractivity contribution is -0.129. The maximum absolute atomic E-state index is 11.9. The van der Waals surface area contributed by atoms with Crippen LogP contribution in [-0.4, -0.2) is 57.1 Å². The van der Waals surface area contributed by atoms with Gasteiger partial charge in [-0.1, -0.05) is 18.2 Å². The van der Waals surface area contributed by atoms with Crippen molar-refractivity contribution in [3.8, 4) is 11.1 Å². The van der Waals surface area contributed by atoms with Crippen molar-refractivity contribution in [2.24, 2.45) is 0 Å². The van der Waals surface area contributed by atoms with Crippen LogP contribution in [0.15, 0.2) is 61.2 Å². The van der Waals surface area contributed by atoms with Crippen LogP contribution >= 0.6 is 0 Å². The van der Waals surface area contributed by atoms with Crippen LogP contribution in [0.1, 0.15) is 18.1 Å². The zero-order valence-corrected chi connectivity index (χ0v) is 19.6. The summed E-state index contributed by atoms with van der Waals surface area (Å²) in [6.07, 6.45) is 8.69. The second kappa shape index (κ2) is 8.54. The number of nitrogens with one attached hydrogen (secondary N) is 1. The molecule has 3 aromatic heterocycles. The molecule has 1 aliphatic heterocycles. The molecule has 0 radical (unpaired) electrons. The third kappa shape index (κ3) is 4.12. The molecule has 8 nitrogen and oxygen atoms in total. The molecule has 0 atom stereocenters. The number of fused-ring (bicyclic) bond motifs is 2. The second-order valence-electron chi connectivity index (χ2n) is 9.20. The van der Waals surface area contributed by atoms with Crippen molar-refractivity contribution in [3.05, 3.63) is 72.3 Å². The van der Waals surface area contributed by atoms with Gasteiger partial charge in [0, 0.05) is 70.1 Å². The van der Waals surface area contributed by atoms with Gasteiger partial charge in [0.25, 0.3) is 0 Å². The molecule has 0 bridgehead atoms. The lowest BCUT2D eigenvalue weighted by Gasteiger charge is -2.35. The van der Waals surface area contributed by atoms with Crippen LogP contribution in [0.2, 0.25) is 0 Å². The minimum Gasteiger partial charge on any atom is -0.367 e. The molecule has 2 aliphatic rings. The van der Waals surface area contributed by atoms with Gasteiger partial charge in [0.1, 0.15) is 11.6 Å². The standard InChI is InChI=1S/C27H26N6O2/c1-18(34)31-8-10-32(11-9-31)23-4-5-26(29-16-23)30-25-15-22(17-33-7-6-28-27(25)33)19-2-3-20-13-24(35)14-21(20)12-19/h2-7,12,15-17H,8-11,13-14H2,1H3,(H,29,30). The predicted octanol–water partition coefficient (Wildman–Crippen LogP) is 3.48. The molecule has 6 rings (SSSR count). The molecule has 176 valence electrons. The van der Waals surface area contributed by atoms with E-state index in [2.05, 4.69) is 56.7 Å². The molecule has 0 saturated carbocycles. The van der Waals surface area contributed by atoms with Crippen LogP contribution in [-0.2, 0) is 22.4 Å². The average Bonchev–Trinajstić information content (AvgIpc) is 3.49. The summed E-state index contributed by atoms with van der Waals surface area (Å²) in [5.74, 6) is 1.14. The van der Waals surface area contributed by atoms with Crippen LogP contribution < -0.4 is 10.2 Å². The first-order chi connectivity index (χ1) is 17.0. The topological polar surface area (TPSA) is 82.8 Å². The third-order valence-electron chi connectivity index (χ3n) is 6.90. The number of anilines is 3. The number of amides is 1. The van der Waals surface area contributed by atoms with Crippen LogP contribution in [0.3, 0.4) is 0 Å². The molecule has 8 heteroatoms. The number of imidazole rings is 1. The first-order valence-corrected chi connectivity index (χ1v) is 11.9. The number of carbonyl (C=O) groups excluding carboxylic acids is 2. The van der Waals surface area contributed by atoms with E-state index in [9.17, 15) is 9.59 Å². The Hall–Kier alpha value is -4.20. The monoisotopic (exact) mass is 466 g/mol. The lowest BCUT2D eigenvalue weighted by atomic mass is 10.0. The van der Waals surface area contributed by atoms with Gasteiger partial charge < -0.3 is 19.5 Å². The predicted molar refractivity (Wildman–Crippen MR) is 135 cm³/mol. The van der Waals surface area contributed by atoms with E-state index in [1.807, 2.05) is 27.8 Å². The number of benzene rings is 1. The van der Waals surface area contributed by atoms with Gasteiger partial charge in [0.15, 0.2) is 5.65 Å². The first kappa shape index (κ1) is 21.3. The average molecular weight is 467 g/mol. The quantitative estimate of drug-likeness (QED) is 0.496. The molecule has 0 spiro atoms. The summed E-state index contributed by atoms with van der Waals surface area (Å²) < 4.78 is 2.00. The van der Waals surface area contributed by atoms with Crippen molar-refractivity contribution in [2.75, 3.05) is 36.4 Å². The lowest BCUT2D eigenvalue weighted by Crippen LogP contribution is -2.48. The summed E-state index contributed by atoms with van der Waals surface area (Å²) in [5.41, 5.74) is 7.09. The Morgan fingerprint density at radius 3 is 2.54 bits per heavy atom. The van der Waals surface area contributed by atoms with E-state index in [-0.39, 0.29) is 11.7 Å². The van der Waals surface area contributed by atoms with Crippen molar-refractivity contribution >= 4 is 34.5 Å². The second-order valence-corrected chi connectivity index (χ2v) is 9.20. The molecule has 1 fully saturated rings. The van der Waals surface area contributed by atoms with Crippen molar-refractivity contribution in [3.63, 3.8) is 0 Å². The third-order valence-corrected chi connectivity index (χ3v) is 6.90. The van der Waals surface area contributed by atoms with Crippen molar-refractivity contribution in [1.82, 2.24) is 19.3 Å². The Morgan fingerprint density at radius 2 is 1.77 bits per heavy atom. The number of hydrogen-bond donors (Lipinski definition) is 1. The first-order valence-electron chi connectivity index (χ1n) is 11.9. The molecule has 1 aromatic carbocycles. The summed E-state index contributed by atoms with van der Waals surface area (Å²) in [5, 5.41) is 3.43. The summed E-state index contributed by atoms with van der Waals surface area (Å²) in [7, 11) is 0. The van der Waals surface area contributed by atoms with Gasteiger partial charge in [-0.15, -0.1) is 0 Å². The maximum Gasteiger partial charge on any atom is 0.219 e. The number of rotatable bonds is 4. The minimum absolute atomic E-state index is 0.128. The molecule has 4 aromatic rings. The molecule has 1 N–H and O–H groups in total. The van der Waals surface area contributed by atoms with Gasteiger partial charge in [-0.25, -0.2) is 9.97 Å². The van der Waals surface area contributed by atoms with Gasteiger partial charge in [0.2, 0.25) is 5.91 Å². The van der Waals surface area contributed by atoms with E-state index in [1.165, 1.54) is 0 Å². The SMILES string of the molecule is CC(=O)N1CCN(c2ccc(Nc3cc(-c4ccc5c(c4)CC(=O)C5)cn4ccnc34)nc2)CC1. The number of pyridine rings is 2. The summed E-state index contributed by atoms with van der Waals surface area (Å²) in [4.78, 5) is 36.7. The highest BCUT2D eigenvalue weighted by Crippen LogP contribution is 2.31. The fourth-order valence-electron chi connectivity index (χ4n) is 4.98. The highest BCUT2D eigenvalue weighted by molar-refractivity contribution is 5.89. The van der Waals surface area contributed by atoms with Crippen LogP contribution in [0.25, 0.3) is 16.8 Å². The number of ketones is 1. The van der Waals surface area contributed by atoms with Gasteiger partial charge in [-0.2, -0.15) is 0 Å². The van der Waals surface area contributed by atoms with Crippen molar-refractivity contribution in [2.45, 2.75) is 19.8 Å². The van der Waals surface area contributed by atoms with Gasteiger partial charge in [-0.05, 0) is 34.9 Å². The van der Waals surface area contributed by atoms with E-state index in [0.717, 1.165) is 71.3 Å². The Kier molecular flexibility index (Phi) is 5.21. The highest BCUT2D eigenvalue weighted by atomic mass is 16.2. The number of carbonyl (C=O) groups is 2. The zero-order chi connectivity index (χ0) is 23.9. The zero-order valence-electron chi connectivity index (χ0n) is 19.6. The van der Waals surface area contributed by atoms with Crippen LogP contribution in [0.4, 0.5) is 17.2 Å². The molecule has 1 aliphatic carbocycles. The van der Waals surface area contributed by atoms with Crippen molar-refractivity contribution < 1.29 is 9.59 Å². The molecule has 1 saturated heterocycles. The van der Waals surface area contributed by atoms with E-state index in [4.69, 9.17) is 0 Å². The summed E-state index contributed by atoms with van der Waals surface area (Å²) >= 11 is 0. The Labute approximate surface area is 203 Å². The van der Waals surface area contributed by atoms with E-state index < -0.39 is 0 Å². The van der Waals surface area contributed by atoms with Crippen LogP contribution in [0, 0.1) is 0 Å². The Morgan fingerprint density at radius 1 is 0.943 bits per heavy atom. The van der Waals surface area contributed by atoms with E-state index >= 15 is 0 Å². The Bertz CT molecular complexity index is 1430. The number of nitrogens with zero attached hydrogens (tertiary/aromatic N) is 5. The molecule has 0 unspecified atom stereocenters. The number of aromatic nitrogens is 3. The number of hydrogen-bond acceptors (Lipinski definition) is 6. The van der Waals surface area contributed by atoms with Gasteiger partial charge in [-0.3, -0.25) is 9.59 Å². The normalized spacial score (nSPS) is 15.5. The molecular formula is C27H26N6O2. The molecule has 35 heavy (non-hydrogen) atoms. The molecular weight excluding hydrogens is 440 g/mol. The highest BCUT2D eigenvalue weighted by Gasteiger charge is 2.20. The fourth-order valence-corrected chi connectivity index (χ4v) is 4.98. The molecule has 1 amide bonds. The van der Waals surface area contributed by atoms with Gasteiger partial charge in [0.05, 0.1) is 17.6 Å².